The summed E-state index contributed by atoms with van der Waals surface area (Å²) in [4.78, 5) is 12.6. The van der Waals surface area contributed by atoms with E-state index in [1.54, 1.807) is 19.3 Å². The molecule has 2 atom stereocenters. The molecule has 6 nitrogen and oxygen atoms in total. The van der Waals surface area contributed by atoms with E-state index in [9.17, 15) is 13.9 Å². The number of aromatic nitrogens is 5. The SMILES string of the molecule is CC(c1nc(-c2cccnc2)cs1)[C@@](O)(Cn1cncn1)c1ccc(F)cc1F. The van der Waals surface area contributed by atoms with Crippen molar-refractivity contribution in [3.05, 3.63) is 83.0 Å². The standard InChI is InChI=1S/C20H17F2N5OS/c1-13(19-26-18(9-29-19)14-3-2-6-23-8-14)20(28,10-27-12-24-11-25-27)16-5-4-15(21)7-17(16)22/h2-9,11-13,28H,10H2,1H3/t13?,20-/m0/s1. The molecule has 0 fully saturated rings. The summed E-state index contributed by atoms with van der Waals surface area (Å²) in [6.45, 7) is 1.68. The molecule has 29 heavy (non-hydrogen) atoms. The van der Waals surface area contributed by atoms with E-state index in [0.717, 1.165) is 17.7 Å². The predicted octanol–water partition coefficient (Wildman–Crippen LogP) is 3.77. The lowest BCUT2D eigenvalue weighted by Crippen LogP contribution is -2.38. The number of rotatable bonds is 6. The minimum Gasteiger partial charge on any atom is -0.382 e. The van der Waals surface area contributed by atoms with E-state index in [2.05, 4.69) is 20.1 Å². The van der Waals surface area contributed by atoms with Crippen molar-refractivity contribution in [1.29, 1.82) is 0 Å². The van der Waals surface area contributed by atoms with Gasteiger partial charge in [-0.1, -0.05) is 13.0 Å². The summed E-state index contributed by atoms with van der Waals surface area (Å²) < 4.78 is 29.5. The molecule has 0 radical (unpaired) electrons. The van der Waals surface area contributed by atoms with Crippen molar-refractivity contribution in [2.45, 2.75) is 25.0 Å². The average Bonchev–Trinajstić information content (AvgIpc) is 3.40. The van der Waals surface area contributed by atoms with E-state index in [-0.39, 0.29) is 12.1 Å². The van der Waals surface area contributed by atoms with Gasteiger partial charge in [-0.15, -0.1) is 11.3 Å². The lowest BCUT2D eigenvalue weighted by Gasteiger charge is -2.33. The fourth-order valence-electron chi connectivity index (χ4n) is 3.19. The maximum atomic E-state index is 14.7. The summed E-state index contributed by atoms with van der Waals surface area (Å²) in [5.41, 5.74) is -0.196. The molecule has 9 heteroatoms. The van der Waals surface area contributed by atoms with Crippen LogP contribution in [0.15, 0.2) is 60.8 Å². The zero-order chi connectivity index (χ0) is 20.4. The molecule has 0 amide bonds. The highest BCUT2D eigenvalue weighted by Gasteiger charge is 2.41. The van der Waals surface area contributed by atoms with Crippen molar-refractivity contribution in [1.82, 2.24) is 24.7 Å². The number of aliphatic hydroxyl groups is 1. The molecule has 0 spiro atoms. The number of nitrogens with zero attached hydrogens (tertiary/aromatic N) is 5. The largest absolute Gasteiger partial charge is 0.382 e. The minimum atomic E-state index is -1.73. The first-order chi connectivity index (χ1) is 14.0. The molecule has 4 aromatic rings. The summed E-state index contributed by atoms with van der Waals surface area (Å²) in [5.74, 6) is -2.15. The molecule has 0 saturated carbocycles. The lowest BCUT2D eigenvalue weighted by molar-refractivity contribution is -0.0112. The van der Waals surface area contributed by atoms with Gasteiger partial charge in [0.1, 0.15) is 29.9 Å². The second-order valence-corrected chi connectivity index (χ2v) is 7.57. The molecule has 3 heterocycles. The highest BCUT2D eigenvalue weighted by Crippen LogP contribution is 2.41. The Balaban J connectivity index is 1.75. The predicted molar refractivity (Wildman–Crippen MR) is 104 cm³/mol. The van der Waals surface area contributed by atoms with Crippen LogP contribution in [0.5, 0.6) is 0 Å². The van der Waals surface area contributed by atoms with Crippen molar-refractivity contribution < 1.29 is 13.9 Å². The zero-order valence-corrected chi connectivity index (χ0v) is 16.2. The normalized spacial score (nSPS) is 14.5. The molecular formula is C20H17F2N5OS. The Morgan fingerprint density at radius 3 is 2.79 bits per heavy atom. The molecule has 0 aliphatic rings. The van der Waals surface area contributed by atoms with E-state index in [1.165, 1.54) is 34.7 Å². The highest BCUT2D eigenvalue weighted by molar-refractivity contribution is 7.10. The third-order valence-electron chi connectivity index (χ3n) is 4.83. The number of pyridine rings is 1. The van der Waals surface area contributed by atoms with Crippen LogP contribution in [0.2, 0.25) is 0 Å². The van der Waals surface area contributed by atoms with E-state index < -0.39 is 23.2 Å². The number of thiazole rings is 1. The molecule has 0 bridgehead atoms. The first-order valence-corrected chi connectivity index (χ1v) is 9.71. The van der Waals surface area contributed by atoms with Crippen molar-refractivity contribution >= 4 is 11.3 Å². The Bertz CT molecular complexity index is 1100. The Kier molecular flexibility index (Phi) is 5.16. The summed E-state index contributed by atoms with van der Waals surface area (Å²) >= 11 is 1.35. The molecule has 3 aromatic heterocycles. The van der Waals surface area contributed by atoms with Gasteiger partial charge in [0, 0.05) is 40.9 Å². The van der Waals surface area contributed by atoms with Gasteiger partial charge in [-0.3, -0.25) is 4.98 Å². The molecule has 0 aliphatic heterocycles. The Morgan fingerprint density at radius 1 is 1.24 bits per heavy atom. The second kappa shape index (κ2) is 7.76. The first-order valence-electron chi connectivity index (χ1n) is 8.83. The van der Waals surface area contributed by atoms with E-state index in [1.807, 2.05) is 17.5 Å². The molecule has 0 saturated heterocycles. The van der Waals surface area contributed by atoms with Crippen LogP contribution in [0, 0.1) is 11.6 Å². The zero-order valence-electron chi connectivity index (χ0n) is 15.4. The van der Waals surface area contributed by atoms with Crippen LogP contribution in [0.25, 0.3) is 11.3 Å². The highest BCUT2D eigenvalue weighted by atomic mass is 32.1. The number of benzene rings is 1. The van der Waals surface area contributed by atoms with Gasteiger partial charge in [0.15, 0.2) is 0 Å². The van der Waals surface area contributed by atoms with Gasteiger partial charge in [-0.25, -0.2) is 23.4 Å². The fourth-order valence-corrected chi connectivity index (χ4v) is 4.17. The molecular weight excluding hydrogens is 396 g/mol. The molecule has 0 aliphatic carbocycles. The van der Waals surface area contributed by atoms with Crippen LogP contribution >= 0.6 is 11.3 Å². The van der Waals surface area contributed by atoms with Crippen molar-refractivity contribution in [3.63, 3.8) is 0 Å². The van der Waals surface area contributed by atoms with Crippen LogP contribution in [0.3, 0.4) is 0 Å². The van der Waals surface area contributed by atoms with Gasteiger partial charge in [0.05, 0.1) is 17.2 Å². The summed E-state index contributed by atoms with van der Waals surface area (Å²) in [6, 6.07) is 6.84. The van der Waals surface area contributed by atoms with Gasteiger partial charge < -0.3 is 5.11 Å². The van der Waals surface area contributed by atoms with Crippen LogP contribution in [0.1, 0.15) is 23.4 Å². The van der Waals surface area contributed by atoms with Crippen LogP contribution in [0.4, 0.5) is 8.78 Å². The topological polar surface area (TPSA) is 76.7 Å². The number of halogens is 2. The Hall–Kier alpha value is -3.04. The summed E-state index contributed by atoms with van der Waals surface area (Å²) in [5, 5.41) is 18.1. The molecule has 4 rings (SSSR count). The summed E-state index contributed by atoms with van der Waals surface area (Å²) in [7, 11) is 0. The number of hydrogen-bond donors (Lipinski definition) is 1. The third kappa shape index (κ3) is 3.79. The molecule has 148 valence electrons. The average molecular weight is 413 g/mol. The monoisotopic (exact) mass is 413 g/mol. The molecule has 1 N–H and O–H groups in total. The van der Waals surface area contributed by atoms with Gasteiger partial charge in [0.25, 0.3) is 0 Å². The minimum absolute atomic E-state index is 0.0278. The van der Waals surface area contributed by atoms with Crippen molar-refractivity contribution in [2.24, 2.45) is 0 Å². The van der Waals surface area contributed by atoms with Crippen molar-refractivity contribution in [2.75, 3.05) is 0 Å². The third-order valence-corrected chi connectivity index (χ3v) is 5.86. The van der Waals surface area contributed by atoms with Crippen LogP contribution in [-0.4, -0.2) is 29.8 Å². The first kappa shape index (κ1) is 19.3. The Labute approximate surface area is 169 Å². The maximum absolute atomic E-state index is 14.7. The van der Waals surface area contributed by atoms with Gasteiger partial charge in [-0.05, 0) is 18.2 Å². The molecule has 1 unspecified atom stereocenters. The lowest BCUT2D eigenvalue weighted by atomic mass is 9.82. The second-order valence-electron chi connectivity index (χ2n) is 6.68. The van der Waals surface area contributed by atoms with E-state index in [0.29, 0.717) is 10.7 Å². The summed E-state index contributed by atoms with van der Waals surface area (Å²) in [6.07, 6.45) is 6.14. The van der Waals surface area contributed by atoms with E-state index >= 15 is 0 Å². The number of hydrogen-bond acceptors (Lipinski definition) is 6. The van der Waals surface area contributed by atoms with Gasteiger partial charge in [0.2, 0.25) is 0 Å². The van der Waals surface area contributed by atoms with Crippen LogP contribution in [-0.2, 0) is 12.1 Å². The van der Waals surface area contributed by atoms with Gasteiger partial charge in [-0.2, -0.15) is 5.10 Å². The quantitative estimate of drug-likeness (QED) is 0.521. The fraction of sp³-hybridized carbons (Fsp3) is 0.200. The van der Waals surface area contributed by atoms with Gasteiger partial charge >= 0.3 is 0 Å². The van der Waals surface area contributed by atoms with Crippen molar-refractivity contribution in [3.8, 4) is 11.3 Å². The van der Waals surface area contributed by atoms with Crippen LogP contribution < -0.4 is 0 Å². The Morgan fingerprint density at radius 2 is 2.10 bits per heavy atom. The van der Waals surface area contributed by atoms with E-state index in [4.69, 9.17) is 0 Å². The smallest absolute Gasteiger partial charge is 0.137 e. The molecule has 1 aromatic carbocycles. The maximum Gasteiger partial charge on any atom is 0.137 e.